The average Bonchev–Trinajstić information content (AvgIpc) is 3.39. The molecule has 1 aromatic carbocycles. The average molecular weight is 471 g/mol. The molecule has 35 heavy (non-hydrogen) atoms. The molecule has 0 N–H and O–H groups in total. The number of piperazine rings is 1. The van der Waals surface area contributed by atoms with Gasteiger partial charge in [0.15, 0.2) is 5.82 Å². The maximum absolute atomic E-state index is 12.7. The van der Waals surface area contributed by atoms with Crippen molar-refractivity contribution in [1.82, 2.24) is 29.6 Å². The molecule has 2 saturated heterocycles. The van der Waals surface area contributed by atoms with Crippen molar-refractivity contribution < 1.29 is 9.53 Å². The maximum Gasteiger partial charge on any atom is 0.253 e. The number of fused-ring (bicyclic) bond motifs is 1. The van der Waals surface area contributed by atoms with E-state index in [0.29, 0.717) is 43.3 Å². The molecule has 3 aromatic heterocycles. The summed E-state index contributed by atoms with van der Waals surface area (Å²) in [5.74, 6) is 1.27. The Labute approximate surface area is 202 Å². The summed E-state index contributed by atoms with van der Waals surface area (Å²) in [5, 5.41) is 4.55. The highest BCUT2D eigenvalue weighted by Crippen LogP contribution is 2.28. The number of anilines is 2. The summed E-state index contributed by atoms with van der Waals surface area (Å²) in [6, 6.07) is 12.0. The van der Waals surface area contributed by atoms with E-state index in [1.165, 1.54) is 0 Å². The Kier molecular flexibility index (Phi) is 5.59. The number of nitrogens with zero attached hydrogens (tertiary/aromatic N) is 8. The monoisotopic (exact) mass is 470 g/mol. The molecule has 0 bridgehead atoms. The minimum absolute atomic E-state index is 0.0576. The van der Waals surface area contributed by atoms with Gasteiger partial charge in [0.05, 0.1) is 43.4 Å². The molecule has 0 spiro atoms. The molecule has 2 aliphatic rings. The highest BCUT2D eigenvalue weighted by atomic mass is 16.5. The van der Waals surface area contributed by atoms with Gasteiger partial charge in [-0.1, -0.05) is 30.3 Å². The summed E-state index contributed by atoms with van der Waals surface area (Å²) in [6.07, 6.45) is 5.50. The first-order valence-electron chi connectivity index (χ1n) is 11.8. The van der Waals surface area contributed by atoms with Crippen LogP contribution in [0.25, 0.3) is 28.1 Å². The predicted octanol–water partition coefficient (Wildman–Crippen LogP) is 1.99. The first-order chi connectivity index (χ1) is 17.2. The van der Waals surface area contributed by atoms with Crippen LogP contribution in [0.2, 0.25) is 0 Å². The van der Waals surface area contributed by atoms with Gasteiger partial charge in [0.25, 0.3) is 5.95 Å². The van der Waals surface area contributed by atoms with Gasteiger partial charge in [-0.05, 0) is 18.7 Å². The molecule has 5 heterocycles. The van der Waals surface area contributed by atoms with Crippen LogP contribution in [0.3, 0.4) is 0 Å². The lowest BCUT2D eigenvalue weighted by atomic mass is 10.1. The molecule has 10 nitrogen and oxygen atoms in total. The summed E-state index contributed by atoms with van der Waals surface area (Å²) in [7, 11) is 1.95. The molecule has 0 radical (unpaired) electrons. The van der Waals surface area contributed by atoms with Crippen LogP contribution in [-0.2, 0) is 9.53 Å². The maximum atomic E-state index is 12.7. The van der Waals surface area contributed by atoms with Crippen LogP contribution >= 0.6 is 0 Å². The minimum Gasteiger partial charge on any atom is -0.378 e. The standard InChI is InChI=1S/C25H26N8O2/c1-30-7-8-32(22(34)17-30)20-13-21-23(26-15-20)24(31-9-11-35-12-10-31)29-25(28-21)33-16-19(14-27-33)18-5-3-2-4-6-18/h2-6,13-16H,7-12,17H2,1H3. The van der Waals surface area contributed by atoms with Crippen LogP contribution in [0.5, 0.6) is 0 Å². The first kappa shape index (κ1) is 21.6. The third-order valence-corrected chi connectivity index (χ3v) is 6.42. The third-order valence-electron chi connectivity index (χ3n) is 6.42. The summed E-state index contributed by atoms with van der Waals surface area (Å²) < 4.78 is 7.24. The molecule has 178 valence electrons. The van der Waals surface area contributed by atoms with E-state index in [1.54, 1.807) is 15.8 Å². The summed E-state index contributed by atoms with van der Waals surface area (Å²) in [4.78, 5) is 33.1. The Morgan fingerprint density at radius 1 is 0.943 bits per heavy atom. The minimum atomic E-state index is 0.0576. The molecule has 0 aliphatic carbocycles. The van der Waals surface area contributed by atoms with Gasteiger partial charge < -0.3 is 14.5 Å². The number of carbonyl (C=O) groups excluding carboxylic acids is 1. The fourth-order valence-electron chi connectivity index (χ4n) is 4.50. The number of ether oxygens (including phenoxy) is 1. The summed E-state index contributed by atoms with van der Waals surface area (Å²) in [6.45, 7) is 4.54. The Balaban J connectivity index is 1.44. The van der Waals surface area contributed by atoms with E-state index >= 15 is 0 Å². The molecule has 10 heteroatoms. The molecule has 0 saturated carbocycles. The number of hydrogen-bond donors (Lipinski definition) is 0. The second-order valence-electron chi connectivity index (χ2n) is 8.83. The van der Waals surface area contributed by atoms with Crippen LogP contribution in [-0.4, -0.2) is 88.5 Å². The highest BCUT2D eigenvalue weighted by Gasteiger charge is 2.25. The molecule has 4 aromatic rings. The Morgan fingerprint density at radius 2 is 1.77 bits per heavy atom. The van der Waals surface area contributed by atoms with Crippen molar-refractivity contribution in [3.05, 3.63) is 55.0 Å². The number of carbonyl (C=O) groups is 1. The van der Waals surface area contributed by atoms with Crippen LogP contribution in [0.4, 0.5) is 11.5 Å². The van der Waals surface area contributed by atoms with E-state index in [-0.39, 0.29) is 5.91 Å². The van der Waals surface area contributed by atoms with Gasteiger partial charge in [0, 0.05) is 37.9 Å². The number of benzene rings is 1. The molecule has 6 rings (SSSR count). The number of pyridine rings is 1. The van der Waals surface area contributed by atoms with Crippen molar-refractivity contribution in [2.45, 2.75) is 0 Å². The topological polar surface area (TPSA) is 92.5 Å². The highest BCUT2D eigenvalue weighted by molar-refractivity contribution is 5.97. The van der Waals surface area contributed by atoms with Crippen LogP contribution < -0.4 is 9.80 Å². The zero-order chi connectivity index (χ0) is 23.8. The molecule has 0 atom stereocenters. The first-order valence-corrected chi connectivity index (χ1v) is 11.8. The van der Waals surface area contributed by atoms with Gasteiger partial charge in [-0.2, -0.15) is 10.1 Å². The van der Waals surface area contributed by atoms with Crippen molar-refractivity contribution in [2.75, 3.05) is 62.8 Å². The van der Waals surface area contributed by atoms with Gasteiger partial charge >= 0.3 is 0 Å². The fraction of sp³-hybridized carbons (Fsp3) is 0.320. The summed E-state index contributed by atoms with van der Waals surface area (Å²) in [5.41, 5.74) is 4.19. The normalized spacial score (nSPS) is 17.3. The summed E-state index contributed by atoms with van der Waals surface area (Å²) >= 11 is 0. The number of morpholine rings is 1. The second-order valence-corrected chi connectivity index (χ2v) is 8.83. The quantitative estimate of drug-likeness (QED) is 0.447. The van der Waals surface area contributed by atoms with Gasteiger partial charge in [0.2, 0.25) is 5.91 Å². The second kappa shape index (κ2) is 9.05. The molecular formula is C25H26N8O2. The molecular weight excluding hydrogens is 444 g/mol. The lowest BCUT2D eigenvalue weighted by Crippen LogP contribution is -2.48. The zero-order valence-corrected chi connectivity index (χ0v) is 19.5. The van der Waals surface area contributed by atoms with Crippen LogP contribution in [0, 0.1) is 0 Å². The smallest absolute Gasteiger partial charge is 0.253 e. The van der Waals surface area contributed by atoms with E-state index in [1.807, 2.05) is 60.7 Å². The lowest BCUT2D eigenvalue weighted by molar-refractivity contribution is -0.120. The Bertz CT molecular complexity index is 1370. The largest absolute Gasteiger partial charge is 0.378 e. The van der Waals surface area contributed by atoms with Crippen LogP contribution in [0.15, 0.2) is 55.0 Å². The zero-order valence-electron chi connectivity index (χ0n) is 19.5. The van der Waals surface area contributed by atoms with Crippen molar-refractivity contribution in [3.8, 4) is 17.1 Å². The van der Waals surface area contributed by atoms with Crippen LogP contribution in [0.1, 0.15) is 0 Å². The van der Waals surface area contributed by atoms with E-state index in [9.17, 15) is 4.79 Å². The molecule has 2 fully saturated rings. The van der Waals surface area contributed by atoms with E-state index < -0.39 is 0 Å². The van der Waals surface area contributed by atoms with Crippen molar-refractivity contribution in [1.29, 1.82) is 0 Å². The third kappa shape index (κ3) is 4.22. The number of likely N-dealkylation sites (N-methyl/N-ethyl adjacent to an activating group) is 1. The number of amides is 1. The lowest BCUT2D eigenvalue weighted by Gasteiger charge is -2.32. The Morgan fingerprint density at radius 3 is 2.57 bits per heavy atom. The number of hydrogen-bond acceptors (Lipinski definition) is 8. The van der Waals surface area contributed by atoms with Gasteiger partial charge in [-0.15, -0.1) is 0 Å². The predicted molar refractivity (Wildman–Crippen MR) is 133 cm³/mol. The van der Waals surface area contributed by atoms with E-state index in [4.69, 9.17) is 19.7 Å². The molecule has 1 amide bonds. The van der Waals surface area contributed by atoms with Gasteiger partial charge in [0.1, 0.15) is 5.52 Å². The molecule has 0 unspecified atom stereocenters. The van der Waals surface area contributed by atoms with Crippen molar-refractivity contribution in [2.24, 2.45) is 0 Å². The van der Waals surface area contributed by atoms with Gasteiger partial charge in [-0.3, -0.25) is 9.69 Å². The van der Waals surface area contributed by atoms with Gasteiger partial charge in [-0.25, -0.2) is 14.6 Å². The van der Waals surface area contributed by atoms with Crippen molar-refractivity contribution in [3.63, 3.8) is 0 Å². The van der Waals surface area contributed by atoms with E-state index in [0.717, 1.165) is 42.3 Å². The SMILES string of the molecule is CN1CCN(c2cnc3c(N4CCOCC4)nc(-n4cc(-c5ccccc5)cn4)nc3c2)C(=O)C1. The van der Waals surface area contributed by atoms with Crippen molar-refractivity contribution >= 4 is 28.4 Å². The number of aromatic nitrogens is 5. The Hall–Kier alpha value is -3.89. The fourth-order valence-corrected chi connectivity index (χ4v) is 4.50. The van der Waals surface area contributed by atoms with E-state index in [2.05, 4.69) is 10.00 Å². The molecule has 2 aliphatic heterocycles. The number of rotatable bonds is 4.